The van der Waals surface area contributed by atoms with Crippen molar-refractivity contribution in [3.63, 3.8) is 0 Å². The molecule has 1 heterocycles. The maximum absolute atomic E-state index is 12.8. The van der Waals surface area contributed by atoms with Crippen LogP contribution < -0.4 is 5.73 Å². The summed E-state index contributed by atoms with van der Waals surface area (Å²) < 4.78 is 17.5. The molecule has 1 unspecified atom stereocenters. The molecule has 0 amide bonds. The van der Waals surface area contributed by atoms with Crippen molar-refractivity contribution < 1.29 is 8.81 Å². The molecular formula is C6H9FN2O. The van der Waals surface area contributed by atoms with E-state index in [1.54, 1.807) is 0 Å². The Morgan fingerprint density at radius 1 is 1.80 bits per heavy atom. The predicted molar refractivity (Wildman–Crippen MR) is 34.0 cm³/mol. The quantitative estimate of drug-likeness (QED) is 0.689. The van der Waals surface area contributed by atoms with Crippen LogP contribution in [0.5, 0.6) is 0 Å². The Labute approximate surface area is 58.0 Å². The van der Waals surface area contributed by atoms with Crippen molar-refractivity contribution in [2.24, 2.45) is 5.73 Å². The van der Waals surface area contributed by atoms with Crippen LogP contribution in [0.15, 0.2) is 17.0 Å². The Balaban J connectivity index is 2.50. The average Bonchev–Trinajstić information content (AvgIpc) is 2.38. The standard InChI is InChI=1S/C6H9FN2O/c7-5(1-2-8)6-3-9-4-10-6/h3-5H,1-2,8H2. The van der Waals surface area contributed by atoms with Crippen LogP contribution in [0.25, 0.3) is 0 Å². The largest absolute Gasteiger partial charge is 0.445 e. The molecule has 0 radical (unpaired) electrons. The molecule has 0 aliphatic carbocycles. The first-order valence-electron chi connectivity index (χ1n) is 3.07. The van der Waals surface area contributed by atoms with Crippen molar-refractivity contribution >= 4 is 0 Å². The summed E-state index contributed by atoms with van der Waals surface area (Å²) >= 11 is 0. The predicted octanol–water partition coefficient (Wildman–Crippen LogP) is 1.03. The summed E-state index contributed by atoms with van der Waals surface area (Å²) in [4.78, 5) is 3.58. The van der Waals surface area contributed by atoms with Crippen LogP contribution in [0.4, 0.5) is 4.39 Å². The minimum atomic E-state index is -1.10. The van der Waals surface area contributed by atoms with Crippen LogP contribution >= 0.6 is 0 Å². The van der Waals surface area contributed by atoms with E-state index >= 15 is 0 Å². The monoisotopic (exact) mass is 144 g/mol. The SMILES string of the molecule is NCCC(F)c1cnco1. The van der Waals surface area contributed by atoms with Gasteiger partial charge in [-0.3, -0.25) is 0 Å². The van der Waals surface area contributed by atoms with Gasteiger partial charge in [-0.2, -0.15) is 0 Å². The summed E-state index contributed by atoms with van der Waals surface area (Å²) in [6.07, 6.45) is 1.75. The van der Waals surface area contributed by atoms with Crippen molar-refractivity contribution in [3.05, 3.63) is 18.4 Å². The zero-order valence-electron chi connectivity index (χ0n) is 5.46. The van der Waals surface area contributed by atoms with Gasteiger partial charge in [0.25, 0.3) is 0 Å². The molecule has 0 bridgehead atoms. The van der Waals surface area contributed by atoms with E-state index in [-0.39, 0.29) is 12.2 Å². The molecule has 2 N–H and O–H groups in total. The number of hydrogen-bond acceptors (Lipinski definition) is 3. The van der Waals surface area contributed by atoms with Gasteiger partial charge >= 0.3 is 0 Å². The molecule has 1 rings (SSSR count). The normalized spacial score (nSPS) is 13.4. The maximum Gasteiger partial charge on any atom is 0.181 e. The molecule has 4 heteroatoms. The molecule has 1 aromatic rings. The summed E-state index contributed by atoms with van der Waals surface area (Å²) in [6.45, 7) is 0.321. The lowest BCUT2D eigenvalue weighted by atomic mass is 10.2. The second-order valence-electron chi connectivity index (χ2n) is 1.95. The first kappa shape index (κ1) is 7.21. The molecule has 0 saturated carbocycles. The van der Waals surface area contributed by atoms with E-state index in [9.17, 15) is 4.39 Å². The highest BCUT2D eigenvalue weighted by Gasteiger charge is 2.10. The lowest BCUT2D eigenvalue weighted by Gasteiger charge is -1.99. The number of aromatic nitrogens is 1. The first-order valence-corrected chi connectivity index (χ1v) is 3.07. The van der Waals surface area contributed by atoms with Gasteiger partial charge in [-0.1, -0.05) is 0 Å². The molecule has 0 aromatic carbocycles. The zero-order valence-corrected chi connectivity index (χ0v) is 5.46. The third-order valence-electron chi connectivity index (χ3n) is 1.18. The molecule has 56 valence electrons. The van der Waals surface area contributed by atoms with Gasteiger partial charge in [-0.05, 0) is 13.0 Å². The smallest absolute Gasteiger partial charge is 0.181 e. The van der Waals surface area contributed by atoms with Crippen molar-refractivity contribution in [2.75, 3.05) is 6.54 Å². The van der Waals surface area contributed by atoms with Gasteiger partial charge in [-0.15, -0.1) is 0 Å². The van der Waals surface area contributed by atoms with Gasteiger partial charge < -0.3 is 10.2 Å². The topological polar surface area (TPSA) is 52.0 Å². The Kier molecular flexibility index (Phi) is 2.39. The lowest BCUT2D eigenvalue weighted by molar-refractivity contribution is 0.274. The molecule has 10 heavy (non-hydrogen) atoms. The summed E-state index contributed by atoms with van der Waals surface area (Å²) in [7, 11) is 0. The Morgan fingerprint density at radius 2 is 2.60 bits per heavy atom. The highest BCUT2D eigenvalue weighted by atomic mass is 19.1. The van der Waals surface area contributed by atoms with E-state index in [1.165, 1.54) is 12.6 Å². The fourth-order valence-electron chi connectivity index (χ4n) is 0.669. The molecule has 1 atom stereocenters. The van der Waals surface area contributed by atoms with E-state index in [0.717, 1.165) is 0 Å². The fraction of sp³-hybridized carbons (Fsp3) is 0.500. The fourth-order valence-corrected chi connectivity index (χ4v) is 0.669. The molecule has 0 fully saturated rings. The first-order chi connectivity index (χ1) is 4.84. The van der Waals surface area contributed by atoms with Crippen LogP contribution in [-0.4, -0.2) is 11.5 Å². The van der Waals surface area contributed by atoms with E-state index < -0.39 is 6.17 Å². The number of alkyl halides is 1. The third kappa shape index (κ3) is 1.54. The van der Waals surface area contributed by atoms with Crippen LogP contribution in [0.1, 0.15) is 18.4 Å². The molecule has 0 spiro atoms. The number of nitrogens with two attached hydrogens (primary N) is 1. The number of hydrogen-bond donors (Lipinski definition) is 1. The molecule has 0 aliphatic heterocycles. The van der Waals surface area contributed by atoms with E-state index in [1.807, 2.05) is 0 Å². The number of halogens is 1. The van der Waals surface area contributed by atoms with Crippen LogP contribution in [0.3, 0.4) is 0 Å². The zero-order chi connectivity index (χ0) is 7.40. The van der Waals surface area contributed by atoms with Crippen molar-refractivity contribution in [1.29, 1.82) is 0 Å². The Morgan fingerprint density at radius 3 is 3.10 bits per heavy atom. The third-order valence-corrected chi connectivity index (χ3v) is 1.18. The van der Waals surface area contributed by atoms with Crippen molar-refractivity contribution in [3.8, 4) is 0 Å². The maximum atomic E-state index is 12.8. The van der Waals surface area contributed by atoms with Gasteiger partial charge in [0.1, 0.15) is 0 Å². The molecular weight excluding hydrogens is 135 g/mol. The Bertz CT molecular complexity index is 176. The lowest BCUT2D eigenvalue weighted by Crippen LogP contribution is -2.02. The average molecular weight is 144 g/mol. The summed E-state index contributed by atoms with van der Waals surface area (Å²) in [5.41, 5.74) is 5.13. The highest BCUT2D eigenvalue weighted by Crippen LogP contribution is 2.18. The van der Waals surface area contributed by atoms with Crippen molar-refractivity contribution in [1.82, 2.24) is 4.98 Å². The van der Waals surface area contributed by atoms with Crippen LogP contribution in [0.2, 0.25) is 0 Å². The van der Waals surface area contributed by atoms with E-state index in [0.29, 0.717) is 6.54 Å². The Hall–Kier alpha value is -0.900. The van der Waals surface area contributed by atoms with Crippen molar-refractivity contribution in [2.45, 2.75) is 12.6 Å². The minimum Gasteiger partial charge on any atom is -0.445 e. The highest BCUT2D eigenvalue weighted by molar-refractivity contribution is 4.93. The van der Waals surface area contributed by atoms with Gasteiger partial charge in [0.05, 0.1) is 6.20 Å². The molecule has 3 nitrogen and oxygen atoms in total. The molecule has 0 saturated heterocycles. The van der Waals surface area contributed by atoms with E-state index in [4.69, 9.17) is 10.2 Å². The van der Waals surface area contributed by atoms with E-state index in [2.05, 4.69) is 4.98 Å². The summed E-state index contributed by atoms with van der Waals surface area (Å²) in [5, 5.41) is 0. The van der Waals surface area contributed by atoms with Crippen LogP contribution in [-0.2, 0) is 0 Å². The van der Waals surface area contributed by atoms with Crippen LogP contribution in [0, 0.1) is 0 Å². The van der Waals surface area contributed by atoms with Gasteiger partial charge in [0.15, 0.2) is 18.3 Å². The second-order valence-corrected chi connectivity index (χ2v) is 1.95. The number of oxazole rings is 1. The molecule has 1 aromatic heterocycles. The second kappa shape index (κ2) is 3.31. The minimum absolute atomic E-state index is 0.255. The summed E-state index contributed by atoms with van der Waals surface area (Å²) in [6, 6.07) is 0. The number of nitrogens with zero attached hydrogens (tertiary/aromatic N) is 1. The van der Waals surface area contributed by atoms with Gasteiger partial charge in [0, 0.05) is 0 Å². The van der Waals surface area contributed by atoms with Gasteiger partial charge in [0.2, 0.25) is 0 Å². The number of rotatable bonds is 3. The van der Waals surface area contributed by atoms with Gasteiger partial charge in [-0.25, -0.2) is 9.37 Å². The summed E-state index contributed by atoms with van der Waals surface area (Å²) in [5.74, 6) is 0.255. The molecule has 0 aliphatic rings.